The highest BCUT2D eigenvalue weighted by molar-refractivity contribution is 5.49. The van der Waals surface area contributed by atoms with Crippen molar-refractivity contribution in [2.24, 2.45) is 0 Å². The third-order valence-electron chi connectivity index (χ3n) is 4.01. The highest BCUT2D eigenvalue weighted by Gasteiger charge is 2.30. The van der Waals surface area contributed by atoms with Crippen molar-refractivity contribution in [1.82, 2.24) is 0 Å². The molecule has 6 heteroatoms. The number of halogens is 3. The Morgan fingerprint density at radius 2 is 1.29 bits per heavy atom. The maximum absolute atomic E-state index is 12.7. The van der Waals surface area contributed by atoms with Crippen LogP contribution < -0.4 is 15.4 Å². The Labute approximate surface area is 162 Å². The average Bonchev–Trinajstić information content (AvgIpc) is 2.68. The van der Waals surface area contributed by atoms with Crippen LogP contribution >= 0.6 is 0 Å². The van der Waals surface area contributed by atoms with E-state index in [-0.39, 0.29) is 0 Å². The molecule has 0 aliphatic rings. The summed E-state index contributed by atoms with van der Waals surface area (Å²) in [5.74, 6) is 1.50. The Morgan fingerprint density at radius 3 is 1.96 bits per heavy atom. The second-order valence-corrected chi connectivity index (χ2v) is 6.23. The van der Waals surface area contributed by atoms with E-state index in [2.05, 4.69) is 10.6 Å². The van der Waals surface area contributed by atoms with Crippen molar-refractivity contribution in [3.05, 3.63) is 84.4 Å². The predicted octanol–water partition coefficient (Wildman–Crippen LogP) is 6.41. The molecule has 0 saturated heterocycles. The molecule has 3 aromatic carbocycles. The fourth-order valence-electron chi connectivity index (χ4n) is 2.65. The van der Waals surface area contributed by atoms with Gasteiger partial charge in [0.05, 0.1) is 5.56 Å². The number of alkyl halides is 3. The van der Waals surface area contributed by atoms with E-state index < -0.39 is 11.7 Å². The lowest BCUT2D eigenvalue weighted by Gasteiger charge is -2.12. The van der Waals surface area contributed by atoms with Crippen molar-refractivity contribution in [3.8, 4) is 11.5 Å². The predicted molar refractivity (Wildman–Crippen MR) is 106 cm³/mol. The SMILES string of the molecule is FC(F)(F)c1cccc(NCCCNc2cccc(Oc3ccccc3)c2)c1. The Morgan fingerprint density at radius 1 is 0.679 bits per heavy atom. The largest absolute Gasteiger partial charge is 0.457 e. The van der Waals surface area contributed by atoms with Crippen molar-refractivity contribution < 1.29 is 17.9 Å². The highest BCUT2D eigenvalue weighted by Crippen LogP contribution is 2.30. The van der Waals surface area contributed by atoms with E-state index in [1.165, 1.54) is 6.07 Å². The topological polar surface area (TPSA) is 33.3 Å². The maximum Gasteiger partial charge on any atom is 0.416 e. The van der Waals surface area contributed by atoms with Crippen molar-refractivity contribution in [3.63, 3.8) is 0 Å². The summed E-state index contributed by atoms with van der Waals surface area (Å²) in [6.07, 6.45) is -3.58. The zero-order chi connectivity index (χ0) is 19.8. The molecule has 3 rings (SSSR count). The Hall–Kier alpha value is -3.15. The normalized spacial score (nSPS) is 11.1. The first-order valence-corrected chi connectivity index (χ1v) is 8.99. The van der Waals surface area contributed by atoms with E-state index in [1.54, 1.807) is 6.07 Å². The lowest BCUT2D eigenvalue weighted by molar-refractivity contribution is -0.137. The van der Waals surface area contributed by atoms with E-state index in [0.717, 1.165) is 35.7 Å². The smallest absolute Gasteiger partial charge is 0.416 e. The third kappa shape index (κ3) is 5.94. The molecule has 0 radical (unpaired) electrons. The summed E-state index contributed by atoms with van der Waals surface area (Å²) in [7, 11) is 0. The molecule has 0 spiro atoms. The number of hydrogen-bond acceptors (Lipinski definition) is 3. The van der Waals surface area contributed by atoms with Crippen molar-refractivity contribution >= 4 is 11.4 Å². The lowest BCUT2D eigenvalue weighted by Crippen LogP contribution is -2.10. The van der Waals surface area contributed by atoms with Crippen LogP contribution in [0.15, 0.2) is 78.9 Å². The van der Waals surface area contributed by atoms with Crippen LogP contribution in [0, 0.1) is 0 Å². The van der Waals surface area contributed by atoms with E-state index in [4.69, 9.17) is 4.74 Å². The third-order valence-corrected chi connectivity index (χ3v) is 4.01. The summed E-state index contributed by atoms with van der Waals surface area (Å²) >= 11 is 0. The lowest BCUT2D eigenvalue weighted by atomic mass is 10.2. The quantitative estimate of drug-likeness (QED) is 0.439. The van der Waals surface area contributed by atoms with Gasteiger partial charge in [-0.15, -0.1) is 0 Å². The maximum atomic E-state index is 12.7. The van der Waals surface area contributed by atoms with Gasteiger partial charge in [-0.25, -0.2) is 0 Å². The molecular weight excluding hydrogens is 365 g/mol. The first-order valence-electron chi connectivity index (χ1n) is 8.99. The molecule has 3 nitrogen and oxygen atoms in total. The summed E-state index contributed by atoms with van der Waals surface area (Å²) in [6, 6.07) is 22.4. The van der Waals surface area contributed by atoms with Crippen LogP contribution in [0.2, 0.25) is 0 Å². The Kier molecular flexibility index (Phi) is 6.42. The van der Waals surface area contributed by atoms with E-state index in [0.29, 0.717) is 18.8 Å². The number of anilines is 2. The zero-order valence-electron chi connectivity index (χ0n) is 15.2. The number of nitrogens with one attached hydrogen (secondary N) is 2. The molecule has 3 aromatic rings. The molecule has 0 heterocycles. The van der Waals surface area contributed by atoms with Crippen LogP contribution in [-0.2, 0) is 6.18 Å². The van der Waals surface area contributed by atoms with Crippen molar-refractivity contribution in [2.45, 2.75) is 12.6 Å². The number of benzene rings is 3. The molecular formula is C22H21F3N2O. The molecule has 0 amide bonds. The van der Waals surface area contributed by atoms with E-state index in [1.807, 2.05) is 54.6 Å². The number of para-hydroxylation sites is 1. The van der Waals surface area contributed by atoms with Gasteiger partial charge in [0.2, 0.25) is 0 Å². The van der Waals surface area contributed by atoms with Crippen LogP contribution in [0.4, 0.5) is 24.5 Å². The number of ether oxygens (including phenoxy) is 1. The molecule has 2 N–H and O–H groups in total. The van der Waals surface area contributed by atoms with Crippen LogP contribution in [0.3, 0.4) is 0 Å². The summed E-state index contributed by atoms with van der Waals surface area (Å²) < 4.78 is 44.0. The zero-order valence-corrected chi connectivity index (χ0v) is 15.2. The second-order valence-electron chi connectivity index (χ2n) is 6.23. The molecule has 0 atom stereocenters. The molecule has 146 valence electrons. The molecule has 0 saturated carbocycles. The standard InChI is InChI=1S/C22H21F3N2O/c23-22(24,25)17-7-4-8-18(15-17)26-13-6-14-27-19-9-5-12-21(16-19)28-20-10-2-1-3-11-20/h1-5,7-12,15-16,26-27H,6,13-14H2. The molecule has 0 aromatic heterocycles. The van der Waals surface area contributed by atoms with E-state index >= 15 is 0 Å². The Balaban J connectivity index is 1.44. The van der Waals surface area contributed by atoms with Gasteiger partial charge in [-0.1, -0.05) is 30.3 Å². The highest BCUT2D eigenvalue weighted by atomic mass is 19.4. The van der Waals surface area contributed by atoms with E-state index in [9.17, 15) is 13.2 Å². The fraction of sp³-hybridized carbons (Fsp3) is 0.182. The van der Waals surface area contributed by atoms with Crippen LogP contribution in [-0.4, -0.2) is 13.1 Å². The van der Waals surface area contributed by atoms with Gasteiger partial charge in [0.1, 0.15) is 11.5 Å². The van der Waals surface area contributed by atoms with Gasteiger partial charge >= 0.3 is 6.18 Å². The molecule has 0 aliphatic heterocycles. The number of hydrogen-bond donors (Lipinski definition) is 2. The monoisotopic (exact) mass is 386 g/mol. The van der Waals surface area contributed by atoms with Crippen molar-refractivity contribution in [1.29, 1.82) is 0 Å². The number of rotatable bonds is 8. The minimum atomic E-state index is -4.33. The molecule has 0 bridgehead atoms. The van der Waals surface area contributed by atoms with Crippen molar-refractivity contribution in [2.75, 3.05) is 23.7 Å². The summed E-state index contributed by atoms with van der Waals surface area (Å²) in [5.41, 5.74) is 0.742. The first kappa shape index (κ1) is 19.6. The summed E-state index contributed by atoms with van der Waals surface area (Å²) in [6.45, 7) is 1.25. The first-order chi connectivity index (χ1) is 13.5. The van der Waals surface area contributed by atoms with Gasteiger partial charge in [-0.05, 0) is 48.9 Å². The molecule has 28 heavy (non-hydrogen) atoms. The fourth-order valence-corrected chi connectivity index (χ4v) is 2.65. The minimum absolute atomic E-state index is 0.466. The second kappa shape index (κ2) is 9.17. The van der Waals surface area contributed by atoms with Gasteiger partial charge in [0, 0.05) is 30.5 Å². The molecule has 0 aliphatic carbocycles. The Bertz CT molecular complexity index is 882. The average molecular weight is 386 g/mol. The minimum Gasteiger partial charge on any atom is -0.457 e. The van der Waals surface area contributed by atoms with Gasteiger partial charge in [-0.3, -0.25) is 0 Å². The van der Waals surface area contributed by atoms with Crippen LogP contribution in [0.1, 0.15) is 12.0 Å². The van der Waals surface area contributed by atoms with Gasteiger partial charge in [-0.2, -0.15) is 13.2 Å². The summed E-state index contributed by atoms with van der Waals surface area (Å²) in [4.78, 5) is 0. The van der Waals surface area contributed by atoms with Crippen LogP contribution in [0.5, 0.6) is 11.5 Å². The van der Waals surface area contributed by atoms with Gasteiger partial charge in [0.25, 0.3) is 0 Å². The molecule has 0 fully saturated rings. The van der Waals surface area contributed by atoms with Gasteiger partial charge in [0.15, 0.2) is 0 Å². The molecule has 0 unspecified atom stereocenters. The van der Waals surface area contributed by atoms with Gasteiger partial charge < -0.3 is 15.4 Å². The summed E-state index contributed by atoms with van der Waals surface area (Å²) in [5, 5.41) is 6.32. The van der Waals surface area contributed by atoms with Crippen LogP contribution in [0.25, 0.3) is 0 Å².